The summed E-state index contributed by atoms with van der Waals surface area (Å²) in [6.07, 6.45) is 30.4. The van der Waals surface area contributed by atoms with Gasteiger partial charge >= 0.3 is 0 Å². The lowest BCUT2D eigenvalue weighted by Crippen LogP contribution is -2.43. The molecule has 0 spiro atoms. The van der Waals surface area contributed by atoms with E-state index < -0.39 is 5.79 Å². The lowest BCUT2D eigenvalue weighted by atomic mass is 9.99. The van der Waals surface area contributed by atoms with E-state index in [2.05, 4.69) is 27.7 Å². The molecule has 1 saturated heterocycles. The molecule has 5 rings (SSSR count). The second-order valence-electron chi connectivity index (χ2n) is 14.1. The van der Waals surface area contributed by atoms with Crippen LogP contribution in [0.4, 0.5) is 0 Å². The average molecular weight is 551 g/mol. The SMILES string of the molecule is C[C@H]([C@H]1OC(C)(C)O[C@@H]1[C@@H](C)P(C1CCCCC1)C1CCCCC1)P(C1CCCCC1)C1CCCCC1. The minimum Gasteiger partial charge on any atom is -0.344 e. The van der Waals surface area contributed by atoms with Gasteiger partial charge in [-0.3, -0.25) is 0 Å². The van der Waals surface area contributed by atoms with Crippen LogP contribution in [0, 0.1) is 0 Å². The van der Waals surface area contributed by atoms with E-state index in [4.69, 9.17) is 9.47 Å². The van der Waals surface area contributed by atoms with Crippen molar-refractivity contribution in [2.24, 2.45) is 0 Å². The van der Waals surface area contributed by atoms with Crippen LogP contribution in [-0.4, -0.2) is 51.9 Å². The zero-order chi connectivity index (χ0) is 25.8. The summed E-state index contributed by atoms with van der Waals surface area (Å²) in [7, 11) is -0.0162. The average Bonchev–Trinajstić information content (AvgIpc) is 3.27. The molecule has 0 aromatic carbocycles. The zero-order valence-corrected chi connectivity index (χ0v) is 26.8. The van der Waals surface area contributed by atoms with Crippen molar-refractivity contribution in [3.8, 4) is 0 Å². The molecule has 4 aliphatic carbocycles. The van der Waals surface area contributed by atoms with E-state index in [0.29, 0.717) is 23.5 Å². The van der Waals surface area contributed by atoms with Crippen molar-refractivity contribution in [3.63, 3.8) is 0 Å². The molecule has 0 N–H and O–H groups in total. The van der Waals surface area contributed by atoms with Gasteiger partial charge < -0.3 is 9.47 Å². The van der Waals surface area contributed by atoms with E-state index in [1.54, 1.807) is 0 Å². The number of ether oxygens (including phenoxy) is 2. The Morgan fingerprint density at radius 2 is 0.703 bits per heavy atom. The highest BCUT2D eigenvalue weighted by molar-refractivity contribution is 7.60. The third-order valence-corrected chi connectivity index (χ3v) is 18.9. The Hall–Kier alpha value is 0.780. The molecule has 4 atom stereocenters. The van der Waals surface area contributed by atoms with Gasteiger partial charge in [-0.1, -0.05) is 107 Å². The Bertz CT molecular complexity index is 582. The first-order chi connectivity index (χ1) is 17.9. The fraction of sp³-hybridized carbons (Fsp3) is 1.00. The summed E-state index contributed by atoms with van der Waals surface area (Å²) >= 11 is 0. The minimum absolute atomic E-state index is 0.00810. The van der Waals surface area contributed by atoms with Crippen LogP contribution in [0.3, 0.4) is 0 Å². The standard InChI is InChI=1S/C33H60O2P2/c1-25(36(27-17-9-5-10-18-27)28-19-11-6-12-20-28)31-32(35-33(3,4)34-31)26(2)37(29-21-13-7-14-22-29)30-23-15-8-16-24-30/h25-32H,5-24H2,1-4H3/t25-,26-,31-,32-/m1/s1. The molecule has 0 aromatic rings. The van der Waals surface area contributed by atoms with Gasteiger partial charge in [0.2, 0.25) is 0 Å². The maximum Gasteiger partial charge on any atom is 0.163 e. The van der Waals surface area contributed by atoms with Crippen molar-refractivity contribution in [1.82, 2.24) is 0 Å². The zero-order valence-electron chi connectivity index (χ0n) is 25.0. The molecule has 4 heteroatoms. The van der Waals surface area contributed by atoms with Crippen molar-refractivity contribution in [2.75, 3.05) is 0 Å². The fourth-order valence-electron chi connectivity index (χ4n) is 9.35. The van der Waals surface area contributed by atoms with Crippen molar-refractivity contribution < 1.29 is 9.47 Å². The molecule has 214 valence electrons. The molecule has 5 fully saturated rings. The molecule has 37 heavy (non-hydrogen) atoms. The van der Waals surface area contributed by atoms with E-state index >= 15 is 0 Å². The molecule has 1 heterocycles. The lowest BCUT2D eigenvalue weighted by Gasteiger charge is -2.47. The lowest BCUT2D eigenvalue weighted by molar-refractivity contribution is -0.145. The number of hydrogen-bond acceptors (Lipinski definition) is 2. The van der Waals surface area contributed by atoms with Crippen LogP contribution in [0.5, 0.6) is 0 Å². The summed E-state index contributed by atoms with van der Waals surface area (Å²) < 4.78 is 14.1. The minimum atomic E-state index is -0.419. The number of hydrogen-bond donors (Lipinski definition) is 0. The van der Waals surface area contributed by atoms with E-state index in [1.807, 2.05) is 0 Å². The van der Waals surface area contributed by atoms with Crippen molar-refractivity contribution >= 4 is 15.8 Å². The molecule has 1 aliphatic heterocycles. The second-order valence-corrected chi connectivity index (χ2v) is 20.4. The van der Waals surface area contributed by atoms with Crippen LogP contribution >= 0.6 is 15.8 Å². The largest absolute Gasteiger partial charge is 0.344 e. The van der Waals surface area contributed by atoms with Gasteiger partial charge in [-0.25, -0.2) is 0 Å². The Morgan fingerprint density at radius 1 is 0.459 bits per heavy atom. The highest BCUT2D eigenvalue weighted by Gasteiger charge is 2.52. The third-order valence-electron chi connectivity index (χ3n) is 11.0. The summed E-state index contributed by atoms with van der Waals surface area (Å²) in [5, 5.41) is 0. The van der Waals surface area contributed by atoms with E-state index in [-0.39, 0.29) is 15.8 Å². The fourth-order valence-corrected chi connectivity index (χ4v) is 18.2. The molecule has 0 bridgehead atoms. The first-order valence-corrected chi connectivity index (χ1v) is 19.9. The normalized spacial score (nSPS) is 33.2. The molecule has 0 unspecified atom stereocenters. The van der Waals surface area contributed by atoms with Crippen molar-refractivity contribution in [3.05, 3.63) is 0 Å². The molecular weight excluding hydrogens is 490 g/mol. The van der Waals surface area contributed by atoms with Gasteiger partial charge in [0.15, 0.2) is 5.79 Å². The smallest absolute Gasteiger partial charge is 0.163 e. The molecule has 5 aliphatic rings. The molecule has 2 nitrogen and oxygen atoms in total. The van der Waals surface area contributed by atoms with Gasteiger partial charge in [0.05, 0.1) is 12.2 Å². The van der Waals surface area contributed by atoms with Crippen molar-refractivity contribution in [2.45, 2.75) is 208 Å². The van der Waals surface area contributed by atoms with Gasteiger partial charge in [-0.15, -0.1) is 0 Å². The maximum absolute atomic E-state index is 7.04. The van der Waals surface area contributed by atoms with Gasteiger partial charge in [0, 0.05) is 11.3 Å². The topological polar surface area (TPSA) is 18.5 Å². The van der Waals surface area contributed by atoms with Crippen LogP contribution in [0.1, 0.15) is 156 Å². The quantitative estimate of drug-likeness (QED) is 0.280. The Labute approximate surface area is 233 Å². The Balaban J connectivity index is 1.40. The molecule has 4 saturated carbocycles. The third kappa shape index (κ3) is 7.17. The van der Waals surface area contributed by atoms with Crippen LogP contribution in [0.25, 0.3) is 0 Å². The summed E-state index contributed by atoms with van der Waals surface area (Å²) in [5.41, 5.74) is 5.33. The van der Waals surface area contributed by atoms with Gasteiger partial charge in [-0.05, 0) is 87.9 Å². The van der Waals surface area contributed by atoms with Crippen LogP contribution in [0.2, 0.25) is 0 Å². The first-order valence-electron chi connectivity index (χ1n) is 16.8. The van der Waals surface area contributed by atoms with E-state index in [1.165, 1.54) is 128 Å². The van der Waals surface area contributed by atoms with Gasteiger partial charge in [0.1, 0.15) is 0 Å². The second kappa shape index (κ2) is 13.6. The van der Waals surface area contributed by atoms with E-state index in [0.717, 1.165) is 22.6 Å². The number of rotatable bonds is 8. The first kappa shape index (κ1) is 29.3. The highest BCUT2D eigenvalue weighted by Crippen LogP contribution is 2.64. The van der Waals surface area contributed by atoms with Crippen LogP contribution in [-0.2, 0) is 9.47 Å². The molecule has 0 aromatic heterocycles. The molecule has 0 radical (unpaired) electrons. The predicted octanol–water partition coefficient (Wildman–Crippen LogP) is 10.6. The van der Waals surface area contributed by atoms with Crippen LogP contribution in [0.15, 0.2) is 0 Å². The summed E-state index contributed by atoms with van der Waals surface area (Å²) in [5.74, 6) is -0.419. The van der Waals surface area contributed by atoms with Crippen molar-refractivity contribution in [1.29, 1.82) is 0 Å². The summed E-state index contributed by atoms with van der Waals surface area (Å²) in [6, 6.07) is 0. The summed E-state index contributed by atoms with van der Waals surface area (Å²) in [6.45, 7) is 9.75. The van der Waals surface area contributed by atoms with Gasteiger partial charge in [0.25, 0.3) is 0 Å². The van der Waals surface area contributed by atoms with E-state index in [9.17, 15) is 0 Å². The monoisotopic (exact) mass is 550 g/mol. The Kier molecular flexibility index (Phi) is 10.8. The molecule has 0 amide bonds. The predicted molar refractivity (Wildman–Crippen MR) is 164 cm³/mol. The van der Waals surface area contributed by atoms with Gasteiger partial charge in [-0.2, -0.15) is 0 Å². The maximum atomic E-state index is 7.04. The summed E-state index contributed by atoms with van der Waals surface area (Å²) in [4.78, 5) is 0. The molecular formula is C33H60O2P2. The van der Waals surface area contributed by atoms with Crippen LogP contribution < -0.4 is 0 Å². The highest BCUT2D eigenvalue weighted by atomic mass is 31.1. The Morgan fingerprint density at radius 3 is 0.946 bits per heavy atom.